The zero-order valence-corrected chi connectivity index (χ0v) is 9.80. The summed E-state index contributed by atoms with van der Waals surface area (Å²) in [5, 5.41) is 4.48. The Hall–Kier alpha value is -2.43. The second kappa shape index (κ2) is 4.10. The van der Waals surface area contributed by atoms with Crippen molar-refractivity contribution in [1.29, 1.82) is 0 Å². The average molecular weight is 241 g/mol. The zero-order valence-electron chi connectivity index (χ0n) is 9.80. The van der Waals surface area contributed by atoms with Crippen molar-refractivity contribution in [2.45, 2.75) is 13.3 Å². The maximum Gasteiger partial charge on any atom is 0.258 e. The number of fused-ring (bicyclic) bond motifs is 1. The molecule has 0 fully saturated rings. The Morgan fingerprint density at radius 3 is 2.94 bits per heavy atom. The summed E-state index contributed by atoms with van der Waals surface area (Å²) in [7, 11) is 0. The molecule has 3 aromatic rings. The monoisotopic (exact) mass is 241 g/mol. The van der Waals surface area contributed by atoms with Crippen molar-refractivity contribution >= 4 is 10.9 Å². The third-order valence-electron chi connectivity index (χ3n) is 2.69. The third kappa shape index (κ3) is 1.90. The standard InChI is InChI=1S/C13H11N3O2/c1-8-6-9(16-18-8)7-12-14-11-5-3-2-4-10(11)13(17)15-12/h2-6H,7H2,1H3,(H,14,15,17). The van der Waals surface area contributed by atoms with E-state index in [9.17, 15) is 4.79 Å². The molecule has 0 radical (unpaired) electrons. The van der Waals surface area contributed by atoms with Crippen LogP contribution in [0.3, 0.4) is 0 Å². The normalized spacial score (nSPS) is 10.9. The van der Waals surface area contributed by atoms with Crippen LogP contribution in [0.2, 0.25) is 0 Å². The predicted molar refractivity (Wildman–Crippen MR) is 66.4 cm³/mol. The van der Waals surface area contributed by atoms with Gasteiger partial charge in [0.15, 0.2) is 0 Å². The second-order valence-corrected chi connectivity index (χ2v) is 4.14. The average Bonchev–Trinajstić information content (AvgIpc) is 2.75. The van der Waals surface area contributed by atoms with Gasteiger partial charge >= 0.3 is 0 Å². The second-order valence-electron chi connectivity index (χ2n) is 4.14. The van der Waals surface area contributed by atoms with Crippen LogP contribution in [0.4, 0.5) is 0 Å². The van der Waals surface area contributed by atoms with Gasteiger partial charge in [-0.3, -0.25) is 4.79 Å². The number of nitrogens with one attached hydrogen (secondary N) is 1. The van der Waals surface area contributed by atoms with Crippen LogP contribution in [0.1, 0.15) is 17.3 Å². The first-order valence-corrected chi connectivity index (χ1v) is 5.62. The molecule has 90 valence electrons. The van der Waals surface area contributed by atoms with Gasteiger partial charge in [-0.15, -0.1) is 0 Å². The maximum absolute atomic E-state index is 11.9. The first-order valence-electron chi connectivity index (χ1n) is 5.62. The highest BCUT2D eigenvalue weighted by molar-refractivity contribution is 5.77. The molecule has 1 N–H and O–H groups in total. The van der Waals surface area contributed by atoms with E-state index in [2.05, 4.69) is 15.1 Å². The highest BCUT2D eigenvalue weighted by Gasteiger charge is 2.06. The lowest BCUT2D eigenvalue weighted by Gasteiger charge is -2.00. The molecule has 0 bridgehead atoms. The van der Waals surface area contributed by atoms with Crippen molar-refractivity contribution in [2.24, 2.45) is 0 Å². The Bertz CT molecular complexity index is 758. The fourth-order valence-electron chi connectivity index (χ4n) is 1.89. The molecule has 0 spiro atoms. The molecular formula is C13H11N3O2. The summed E-state index contributed by atoms with van der Waals surface area (Å²) in [6.45, 7) is 1.83. The number of aryl methyl sites for hydroxylation is 1. The van der Waals surface area contributed by atoms with Gasteiger partial charge in [0, 0.05) is 6.07 Å². The van der Waals surface area contributed by atoms with Gasteiger partial charge in [0.05, 0.1) is 23.0 Å². The van der Waals surface area contributed by atoms with E-state index in [0.717, 1.165) is 11.5 Å². The molecule has 3 rings (SSSR count). The van der Waals surface area contributed by atoms with Crippen LogP contribution in [-0.4, -0.2) is 15.1 Å². The van der Waals surface area contributed by atoms with E-state index >= 15 is 0 Å². The maximum atomic E-state index is 11.9. The van der Waals surface area contributed by atoms with E-state index in [1.807, 2.05) is 31.2 Å². The summed E-state index contributed by atoms with van der Waals surface area (Å²) in [6.07, 6.45) is 0.456. The lowest BCUT2D eigenvalue weighted by molar-refractivity contribution is 0.391. The Morgan fingerprint density at radius 2 is 2.17 bits per heavy atom. The number of aromatic nitrogens is 3. The van der Waals surface area contributed by atoms with E-state index in [-0.39, 0.29) is 5.56 Å². The molecule has 0 aliphatic heterocycles. The Balaban J connectivity index is 2.05. The molecule has 1 aromatic carbocycles. The molecule has 0 aliphatic carbocycles. The molecule has 5 nitrogen and oxygen atoms in total. The molecule has 5 heteroatoms. The van der Waals surface area contributed by atoms with Crippen molar-refractivity contribution in [1.82, 2.24) is 15.1 Å². The zero-order chi connectivity index (χ0) is 12.5. The number of para-hydroxylation sites is 1. The fourth-order valence-corrected chi connectivity index (χ4v) is 1.89. The van der Waals surface area contributed by atoms with Crippen molar-refractivity contribution in [3.8, 4) is 0 Å². The van der Waals surface area contributed by atoms with E-state index in [4.69, 9.17) is 4.52 Å². The largest absolute Gasteiger partial charge is 0.361 e. The van der Waals surface area contributed by atoms with Gasteiger partial charge in [-0.05, 0) is 19.1 Å². The van der Waals surface area contributed by atoms with Gasteiger partial charge < -0.3 is 9.51 Å². The summed E-state index contributed by atoms with van der Waals surface area (Å²) in [4.78, 5) is 19.0. The topological polar surface area (TPSA) is 71.8 Å². The van der Waals surface area contributed by atoms with Crippen LogP contribution in [-0.2, 0) is 6.42 Å². The fraction of sp³-hybridized carbons (Fsp3) is 0.154. The number of H-pyrrole nitrogens is 1. The van der Waals surface area contributed by atoms with Crippen LogP contribution < -0.4 is 5.56 Å². The van der Waals surface area contributed by atoms with Crippen LogP contribution >= 0.6 is 0 Å². The highest BCUT2D eigenvalue weighted by Crippen LogP contribution is 2.09. The quantitative estimate of drug-likeness (QED) is 0.742. The lowest BCUT2D eigenvalue weighted by atomic mass is 10.2. The molecule has 2 heterocycles. The summed E-state index contributed by atoms with van der Waals surface area (Å²) in [5.74, 6) is 1.33. The van der Waals surface area contributed by atoms with E-state index in [0.29, 0.717) is 23.1 Å². The van der Waals surface area contributed by atoms with Crippen molar-refractivity contribution in [2.75, 3.05) is 0 Å². The summed E-state index contributed by atoms with van der Waals surface area (Å²) in [6, 6.07) is 9.08. The minimum Gasteiger partial charge on any atom is -0.361 e. The van der Waals surface area contributed by atoms with E-state index < -0.39 is 0 Å². The number of hydrogen-bond acceptors (Lipinski definition) is 4. The SMILES string of the molecule is Cc1cc(Cc2nc3ccccc3c(=O)[nH]2)no1. The van der Waals surface area contributed by atoms with Gasteiger partial charge in [0.2, 0.25) is 0 Å². The van der Waals surface area contributed by atoms with Gasteiger partial charge in [0.1, 0.15) is 11.6 Å². The van der Waals surface area contributed by atoms with E-state index in [1.54, 1.807) is 6.07 Å². The van der Waals surface area contributed by atoms with Crippen molar-refractivity contribution in [3.63, 3.8) is 0 Å². The van der Waals surface area contributed by atoms with Crippen molar-refractivity contribution in [3.05, 3.63) is 58.0 Å². The van der Waals surface area contributed by atoms with Crippen molar-refractivity contribution < 1.29 is 4.52 Å². The number of hydrogen-bond donors (Lipinski definition) is 1. The summed E-state index contributed by atoms with van der Waals surface area (Å²) < 4.78 is 4.98. The summed E-state index contributed by atoms with van der Waals surface area (Å²) >= 11 is 0. The molecule has 0 saturated carbocycles. The summed E-state index contributed by atoms with van der Waals surface area (Å²) in [5.41, 5.74) is 1.32. The number of rotatable bonds is 2. The van der Waals surface area contributed by atoms with E-state index in [1.165, 1.54) is 0 Å². The Morgan fingerprint density at radius 1 is 1.33 bits per heavy atom. The minimum absolute atomic E-state index is 0.129. The lowest BCUT2D eigenvalue weighted by Crippen LogP contribution is -2.12. The Labute approximate surface area is 102 Å². The smallest absolute Gasteiger partial charge is 0.258 e. The number of benzene rings is 1. The molecule has 0 amide bonds. The van der Waals surface area contributed by atoms with Gasteiger partial charge in [-0.2, -0.15) is 0 Å². The van der Waals surface area contributed by atoms with Gasteiger partial charge in [0.25, 0.3) is 5.56 Å². The third-order valence-corrected chi connectivity index (χ3v) is 2.69. The highest BCUT2D eigenvalue weighted by atomic mass is 16.5. The molecular weight excluding hydrogens is 230 g/mol. The first kappa shape index (κ1) is 10.7. The van der Waals surface area contributed by atoms with Crippen LogP contribution in [0.15, 0.2) is 39.6 Å². The van der Waals surface area contributed by atoms with Crippen LogP contribution in [0.25, 0.3) is 10.9 Å². The molecule has 18 heavy (non-hydrogen) atoms. The first-order chi connectivity index (χ1) is 8.72. The van der Waals surface area contributed by atoms with Crippen LogP contribution in [0.5, 0.6) is 0 Å². The minimum atomic E-state index is -0.129. The number of aromatic amines is 1. The molecule has 2 aromatic heterocycles. The molecule has 0 unspecified atom stereocenters. The Kier molecular flexibility index (Phi) is 2.44. The van der Waals surface area contributed by atoms with Gasteiger partial charge in [-0.25, -0.2) is 4.98 Å². The van der Waals surface area contributed by atoms with Gasteiger partial charge in [-0.1, -0.05) is 17.3 Å². The molecule has 0 aliphatic rings. The predicted octanol–water partition coefficient (Wildman–Crippen LogP) is 1.81. The van der Waals surface area contributed by atoms with Crippen LogP contribution in [0, 0.1) is 6.92 Å². The number of nitrogens with zero attached hydrogens (tertiary/aromatic N) is 2. The molecule has 0 atom stereocenters. The molecule has 0 saturated heterocycles.